The van der Waals surface area contributed by atoms with E-state index in [0.29, 0.717) is 21.3 Å². The van der Waals surface area contributed by atoms with Crippen LogP contribution in [0.4, 0.5) is 11.5 Å². The van der Waals surface area contributed by atoms with E-state index in [1.807, 2.05) is 6.07 Å². The molecule has 1 amide bonds. The summed E-state index contributed by atoms with van der Waals surface area (Å²) < 4.78 is 0. The Morgan fingerprint density at radius 2 is 1.92 bits per heavy atom. The summed E-state index contributed by atoms with van der Waals surface area (Å²) in [7, 11) is 0. The molecule has 0 spiro atoms. The lowest BCUT2D eigenvalue weighted by atomic mass is 10.2. The lowest BCUT2D eigenvalue weighted by molar-refractivity contribution is 0.102. The minimum Gasteiger partial charge on any atom is -0.354 e. The van der Waals surface area contributed by atoms with Crippen LogP contribution in [-0.2, 0) is 0 Å². The van der Waals surface area contributed by atoms with Crippen LogP contribution in [0, 0.1) is 0 Å². The lowest BCUT2D eigenvalue weighted by Crippen LogP contribution is -2.46. The summed E-state index contributed by atoms with van der Waals surface area (Å²) in [5.74, 6) is 0.602. The first kappa shape index (κ1) is 18.0. The summed E-state index contributed by atoms with van der Waals surface area (Å²) in [6, 6.07) is 8.50. The second kappa shape index (κ2) is 8.04. The highest BCUT2D eigenvalue weighted by Gasteiger charge is 2.18. The van der Waals surface area contributed by atoms with Gasteiger partial charge in [-0.3, -0.25) is 4.79 Å². The molecule has 3 rings (SSSR count). The molecule has 0 aliphatic carbocycles. The second-order valence-corrected chi connectivity index (χ2v) is 6.75. The number of hydrogen-bond donors (Lipinski definition) is 1. The van der Waals surface area contributed by atoms with Gasteiger partial charge >= 0.3 is 0 Å². The van der Waals surface area contributed by atoms with Crippen molar-refractivity contribution < 1.29 is 4.79 Å². The highest BCUT2D eigenvalue weighted by Crippen LogP contribution is 2.26. The fraction of sp³-hybridized carbons (Fsp3) is 0.333. The molecule has 0 saturated carbocycles. The number of nitrogens with one attached hydrogen (secondary N) is 1. The van der Waals surface area contributed by atoms with Crippen molar-refractivity contribution in [2.24, 2.45) is 0 Å². The fourth-order valence-electron chi connectivity index (χ4n) is 2.81. The molecule has 25 heavy (non-hydrogen) atoms. The van der Waals surface area contributed by atoms with Crippen LogP contribution in [0.25, 0.3) is 0 Å². The third kappa shape index (κ3) is 4.42. The maximum Gasteiger partial charge on any atom is 0.255 e. The van der Waals surface area contributed by atoms with E-state index in [0.717, 1.165) is 38.5 Å². The maximum absolute atomic E-state index is 12.5. The summed E-state index contributed by atoms with van der Waals surface area (Å²) in [5.41, 5.74) is 1.08. The van der Waals surface area contributed by atoms with Crippen LogP contribution in [0.15, 0.2) is 36.5 Å². The summed E-state index contributed by atoms with van der Waals surface area (Å²) >= 11 is 12.0. The van der Waals surface area contributed by atoms with Crippen molar-refractivity contribution in [3.63, 3.8) is 0 Å². The number of pyridine rings is 1. The van der Waals surface area contributed by atoms with Crippen molar-refractivity contribution in [1.29, 1.82) is 0 Å². The van der Waals surface area contributed by atoms with Gasteiger partial charge in [0, 0.05) is 43.0 Å². The van der Waals surface area contributed by atoms with Gasteiger partial charge in [0.1, 0.15) is 5.82 Å². The highest BCUT2D eigenvalue weighted by molar-refractivity contribution is 6.36. The fourth-order valence-corrected chi connectivity index (χ4v) is 3.27. The lowest BCUT2D eigenvalue weighted by Gasteiger charge is -2.34. The molecule has 0 radical (unpaired) electrons. The molecule has 0 bridgehead atoms. The number of carbonyl (C=O) groups is 1. The van der Waals surface area contributed by atoms with E-state index >= 15 is 0 Å². The molecule has 2 aromatic rings. The number of hydrogen-bond acceptors (Lipinski definition) is 4. The van der Waals surface area contributed by atoms with Gasteiger partial charge in [0.2, 0.25) is 0 Å². The molecule has 1 N–H and O–H groups in total. The van der Waals surface area contributed by atoms with E-state index in [2.05, 4.69) is 27.0 Å². The van der Waals surface area contributed by atoms with E-state index in [1.54, 1.807) is 30.5 Å². The van der Waals surface area contributed by atoms with Crippen LogP contribution in [0.3, 0.4) is 0 Å². The second-order valence-electron chi connectivity index (χ2n) is 5.90. The molecule has 1 fully saturated rings. The van der Waals surface area contributed by atoms with Crippen LogP contribution >= 0.6 is 23.2 Å². The molecule has 1 aliphatic rings. The first-order chi connectivity index (χ1) is 12.1. The van der Waals surface area contributed by atoms with Gasteiger partial charge in [0.25, 0.3) is 5.91 Å². The monoisotopic (exact) mass is 378 g/mol. The predicted octanol–water partition coefficient (Wildman–Crippen LogP) is 3.78. The van der Waals surface area contributed by atoms with Gasteiger partial charge in [-0.05, 0) is 36.9 Å². The maximum atomic E-state index is 12.5. The van der Waals surface area contributed by atoms with Crippen LogP contribution in [0.2, 0.25) is 10.0 Å². The Labute approximate surface area is 157 Å². The number of likely N-dealkylation sites (N-methyl/N-ethyl adjacent to an activating group) is 1. The molecular weight excluding hydrogens is 359 g/mol. The molecule has 0 unspecified atom stereocenters. The Bertz CT molecular complexity index is 760. The summed E-state index contributed by atoms with van der Waals surface area (Å²) in [6.45, 7) is 7.07. The number of amides is 1. The van der Waals surface area contributed by atoms with E-state index in [4.69, 9.17) is 23.2 Å². The zero-order valence-corrected chi connectivity index (χ0v) is 15.5. The normalized spacial score (nSPS) is 15.2. The molecule has 0 atom stereocenters. The average Bonchev–Trinajstić information content (AvgIpc) is 2.64. The van der Waals surface area contributed by atoms with Gasteiger partial charge < -0.3 is 15.1 Å². The Morgan fingerprint density at radius 3 is 2.60 bits per heavy atom. The Kier molecular flexibility index (Phi) is 5.78. The number of aromatic nitrogens is 1. The van der Waals surface area contributed by atoms with Gasteiger partial charge in [0.05, 0.1) is 10.7 Å². The predicted molar refractivity (Wildman–Crippen MR) is 103 cm³/mol. The molecular formula is C18H20Cl2N4O. The van der Waals surface area contributed by atoms with Crippen LogP contribution in [0.5, 0.6) is 0 Å². The SMILES string of the molecule is CCN1CCN(c2cc(C(=O)Nc3ccc(Cl)cc3Cl)ccn2)CC1. The largest absolute Gasteiger partial charge is 0.354 e. The smallest absolute Gasteiger partial charge is 0.255 e. The zero-order chi connectivity index (χ0) is 17.8. The van der Waals surface area contributed by atoms with Crippen molar-refractivity contribution in [2.75, 3.05) is 42.9 Å². The van der Waals surface area contributed by atoms with Crippen molar-refractivity contribution >= 4 is 40.6 Å². The number of anilines is 2. The van der Waals surface area contributed by atoms with Gasteiger partial charge in [-0.15, -0.1) is 0 Å². The van der Waals surface area contributed by atoms with Crippen molar-refractivity contribution in [3.05, 3.63) is 52.1 Å². The van der Waals surface area contributed by atoms with Gasteiger partial charge in [-0.2, -0.15) is 0 Å². The summed E-state index contributed by atoms with van der Waals surface area (Å²) in [5, 5.41) is 3.75. The number of rotatable bonds is 4. The number of nitrogens with zero attached hydrogens (tertiary/aromatic N) is 3. The van der Waals surface area contributed by atoms with Crippen LogP contribution in [-0.4, -0.2) is 48.5 Å². The topological polar surface area (TPSA) is 48.5 Å². The van der Waals surface area contributed by atoms with Crippen molar-refractivity contribution in [1.82, 2.24) is 9.88 Å². The van der Waals surface area contributed by atoms with Crippen molar-refractivity contribution in [3.8, 4) is 0 Å². The molecule has 2 heterocycles. The summed E-state index contributed by atoms with van der Waals surface area (Å²) in [4.78, 5) is 21.5. The Morgan fingerprint density at radius 1 is 1.16 bits per heavy atom. The molecule has 1 saturated heterocycles. The molecule has 1 aromatic heterocycles. The molecule has 5 nitrogen and oxygen atoms in total. The number of benzene rings is 1. The van der Waals surface area contributed by atoms with E-state index < -0.39 is 0 Å². The molecule has 1 aliphatic heterocycles. The molecule has 7 heteroatoms. The zero-order valence-electron chi connectivity index (χ0n) is 14.0. The minimum atomic E-state index is -0.222. The van der Waals surface area contributed by atoms with E-state index in [1.165, 1.54) is 0 Å². The Balaban J connectivity index is 1.71. The third-order valence-corrected chi connectivity index (χ3v) is 4.88. The minimum absolute atomic E-state index is 0.222. The van der Waals surface area contributed by atoms with E-state index in [9.17, 15) is 4.79 Å². The van der Waals surface area contributed by atoms with Gasteiger partial charge in [0.15, 0.2) is 0 Å². The molecule has 132 valence electrons. The van der Waals surface area contributed by atoms with E-state index in [-0.39, 0.29) is 5.91 Å². The average molecular weight is 379 g/mol. The van der Waals surface area contributed by atoms with Crippen LogP contribution < -0.4 is 10.2 Å². The highest BCUT2D eigenvalue weighted by atomic mass is 35.5. The number of halogens is 2. The van der Waals surface area contributed by atoms with Gasteiger partial charge in [-0.25, -0.2) is 4.98 Å². The quantitative estimate of drug-likeness (QED) is 0.879. The number of piperazine rings is 1. The molecule has 1 aromatic carbocycles. The number of carbonyl (C=O) groups excluding carboxylic acids is 1. The standard InChI is InChI=1S/C18H20Cl2N4O/c1-2-23-7-9-24(10-8-23)17-11-13(5-6-21-17)18(25)22-16-4-3-14(19)12-15(16)20/h3-6,11-12H,2,7-10H2,1H3,(H,22,25). The first-order valence-corrected chi connectivity index (χ1v) is 9.02. The Hall–Kier alpha value is -1.82. The third-order valence-electron chi connectivity index (χ3n) is 4.33. The van der Waals surface area contributed by atoms with Crippen LogP contribution in [0.1, 0.15) is 17.3 Å². The van der Waals surface area contributed by atoms with Gasteiger partial charge in [-0.1, -0.05) is 30.1 Å². The first-order valence-electron chi connectivity index (χ1n) is 8.26. The van der Waals surface area contributed by atoms with Crippen molar-refractivity contribution in [2.45, 2.75) is 6.92 Å². The summed E-state index contributed by atoms with van der Waals surface area (Å²) in [6.07, 6.45) is 1.67.